The number of esters is 1. The molecule has 1 heterocycles. The van der Waals surface area contributed by atoms with Gasteiger partial charge >= 0.3 is 12.1 Å². The summed E-state index contributed by atoms with van der Waals surface area (Å²) >= 11 is 0. The zero-order chi connectivity index (χ0) is 19.9. The van der Waals surface area contributed by atoms with Crippen LogP contribution in [-0.4, -0.2) is 74.2 Å². The summed E-state index contributed by atoms with van der Waals surface area (Å²) in [5, 5.41) is 1.84. The van der Waals surface area contributed by atoms with Gasteiger partial charge in [0.05, 0.1) is 26.4 Å². The van der Waals surface area contributed by atoms with Gasteiger partial charge in [-0.1, -0.05) is 0 Å². The molecule has 26 heavy (non-hydrogen) atoms. The number of methoxy groups -OCH3 is 1. The van der Waals surface area contributed by atoms with Gasteiger partial charge in [0, 0.05) is 6.54 Å². The number of nitrogens with zero attached hydrogens (tertiary/aromatic N) is 1. The molecule has 1 amide bonds. The molecule has 0 aromatic carbocycles. The highest BCUT2D eigenvalue weighted by molar-refractivity contribution is 5.75. The largest absolute Gasteiger partial charge is 0.468 e. The number of ether oxygens (including phenoxy) is 3. The summed E-state index contributed by atoms with van der Waals surface area (Å²) < 4.78 is 52.9. The smallest absolute Gasteiger partial charge is 0.410 e. The van der Waals surface area contributed by atoms with Crippen LogP contribution in [0.5, 0.6) is 0 Å². The highest BCUT2D eigenvalue weighted by Crippen LogP contribution is 2.21. The van der Waals surface area contributed by atoms with Crippen LogP contribution < -0.4 is 5.32 Å². The molecule has 0 aromatic heterocycles. The molecular formula is C16H27F3N2O5. The summed E-state index contributed by atoms with van der Waals surface area (Å²) in [6.45, 7) is 5.50. The van der Waals surface area contributed by atoms with E-state index in [1.165, 1.54) is 4.90 Å². The lowest BCUT2D eigenvalue weighted by molar-refractivity contribution is -0.146. The Kier molecular flexibility index (Phi) is 8.61. The first-order valence-corrected chi connectivity index (χ1v) is 8.38. The van der Waals surface area contributed by atoms with Crippen molar-refractivity contribution >= 4 is 12.1 Å². The first-order valence-electron chi connectivity index (χ1n) is 8.38. The van der Waals surface area contributed by atoms with Crippen LogP contribution in [0.25, 0.3) is 0 Å². The Bertz CT molecular complexity index is 473. The molecule has 7 nitrogen and oxygen atoms in total. The SMILES string of the molecule is COC(=O)[C@H](COC[C@H]1CCCN1C(=O)OC(C)(C)C)NC(F)C(F)F. The maximum Gasteiger partial charge on any atom is 0.410 e. The highest BCUT2D eigenvalue weighted by Gasteiger charge is 2.33. The zero-order valence-corrected chi connectivity index (χ0v) is 15.5. The van der Waals surface area contributed by atoms with E-state index < -0.39 is 36.4 Å². The monoisotopic (exact) mass is 384 g/mol. The van der Waals surface area contributed by atoms with Gasteiger partial charge in [0.25, 0.3) is 6.43 Å². The number of hydrogen-bond donors (Lipinski definition) is 1. The molecule has 1 unspecified atom stereocenters. The number of alkyl halides is 3. The van der Waals surface area contributed by atoms with Crippen LogP contribution in [0.15, 0.2) is 0 Å². The minimum atomic E-state index is -3.28. The van der Waals surface area contributed by atoms with Crippen LogP contribution in [0.2, 0.25) is 0 Å². The molecule has 1 rings (SSSR count). The number of hydrogen-bond acceptors (Lipinski definition) is 6. The quantitative estimate of drug-likeness (QED) is 0.510. The average Bonchev–Trinajstić information content (AvgIpc) is 2.99. The van der Waals surface area contributed by atoms with Crippen molar-refractivity contribution in [3.05, 3.63) is 0 Å². The van der Waals surface area contributed by atoms with Crippen LogP contribution in [0, 0.1) is 0 Å². The standard InChI is InChI=1S/C16H27F3N2O5/c1-16(2,3)26-15(23)21-7-5-6-10(21)8-25-9-11(14(22)24-4)20-13(19)12(17)18/h10-13,20H,5-9H2,1-4H3/t10-,11+,13?/m1/s1. The summed E-state index contributed by atoms with van der Waals surface area (Å²) in [5.41, 5.74) is -0.629. The molecule has 0 radical (unpaired) electrons. The maximum atomic E-state index is 13.1. The molecule has 1 N–H and O–H groups in total. The molecule has 0 saturated carbocycles. The van der Waals surface area contributed by atoms with Crippen molar-refractivity contribution in [2.24, 2.45) is 0 Å². The molecule has 0 spiro atoms. The van der Waals surface area contributed by atoms with Crippen LogP contribution >= 0.6 is 0 Å². The van der Waals surface area contributed by atoms with E-state index in [9.17, 15) is 22.8 Å². The molecular weight excluding hydrogens is 357 g/mol. The minimum absolute atomic E-state index is 0.0695. The fourth-order valence-electron chi connectivity index (χ4n) is 2.48. The van der Waals surface area contributed by atoms with E-state index in [1.807, 2.05) is 5.32 Å². The average molecular weight is 384 g/mol. The van der Waals surface area contributed by atoms with Crippen molar-refractivity contribution in [1.29, 1.82) is 0 Å². The first kappa shape index (κ1) is 22.5. The van der Waals surface area contributed by atoms with E-state index in [2.05, 4.69) is 4.74 Å². The van der Waals surface area contributed by atoms with Crippen LogP contribution in [0.3, 0.4) is 0 Å². The second-order valence-corrected chi connectivity index (χ2v) is 6.99. The van der Waals surface area contributed by atoms with Crippen molar-refractivity contribution in [1.82, 2.24) is 10.2 Å². The Morgan fingerprint density at radius 3 is 2.46 bits per heavy atom. The second-order valence-electron chi connectivity index (χ2n) is 6.99. The molecule has 1 aliphatic heterocycles. The fourth-order valence-corrected chi connectivity index (χ4v) is 2.48. The molecule has 3 atom stereocenters. The number of halogens is 3. The van der Waals surface area contributed by atoms with Crippen molar-refractivity contribution in [3.63, 3.8) is 0 Å². The summed E-state index contributed by atoms with van der Waals surface area (Å²) in [7, 11) is 1.06. The predicted molar refractivity (Wildman–Crippen MR) is 86.6 cm³/mol. The Morgan fingerprint density at radius 1 is 1.27 bits per heavy atom. The number of likely N-dealkylation sites (tertiary alicyclic amines) is 1. The molecule has 1 fully saturated rings. The summed E-state index contributed by atoms with van der Waals surface area (Å²) in [6, 6.07) is -1.64. The van der Waals surface area contributed by atoms with Gasteiger partial charge in [-0.3, -0.25) is 10.1 Å². The van der Waals surface area contributed by atoms with Crippen molar-refractivity contribution in [2.75, 3.05) is 26.9 Å². The topological polar surface area (TPSA) is 77.1 Å². The third kappa shape index (κ3) is 7.36. The molecule has 0 bridgehead atoms. The van der Waals surface area contributed by atoms with Gasteiger partial charge in [-0.15, -0.1) is 0 Å². The molecule has 152 valence electrons. The third-order valence-electron chi connectivity index (χ3n) is 3.67. The van der Waals surface area contributed by atoms with Gasteiger partial charge in [-0.05, 0) is 33.6 Å². The highest BCUT2D eigenvalue weighted by atomic mass is 19.3. The number of carbonyl (C=O) groups is 2. The lowest BCUT2D eigenvalue weighted by atomic mass is 10.2. The summed E-state index contributed by atoms with van der Waals surface area (Å²) in [4.78, 5) is 25.3. The van der Waals surface area contributed by atoms with Crippen molar-refractivity contribution in [3.8, 4) is 0 Å². The minimum Gasteiger partial charge on any atom is -0.468 e. The number of nitrogens with one attached hydrogen (secondary N) is 1. The Morgan fingerprint density at radius 2 is 1.92 bits per heavy atom. The normalized spacial score (nSPS) is 20.2. The summed E-state index contributed by atoms with van der Waals surface area (Å²) in [6.07, 6.45) is -4.97. The van der Waals surface area contributed by atoms with Crippen molar-refractivity contribution in [2.45, 2.75) is 64.0 Å². The number of amides is 1. The van der Waals surface area contributed by atoms with Gasteiger partial charge in [0.1, 0.15) is 11.6 Å². The Labute approximate surface area is 151 Å². The summed E-state index contributed by atoms with van der Waals surface area (Å²) in [5.74, 6) is -0.913. The van der Waals surface area contributed by atoms with E-state index in [1.54, 1.807) is 20.8 Å². The molecule has 1 saturated heterocycles. The predicted octanol–water partition coefficient (Wildman–Crippen LogP) is 2.09. The molecule has 0 aliphatic carbocycles. The molecule has 0 aromatic rings. The second kappa shape index (κ2) is 9.96. The van der Waals surface area contributed by atoms with E-state index in [-0.39, 0.29) is 19.3 Å². The van der Waals surface area contributed by atoms with Gasteiger partial charge in [-0.2, -0.15) is 0 Å². The first-order chi connectivity index (χ1) is 12.0. The fraction of sp³-hybridized carbons (Fsp3) is 0.875. The Hall–Kier alpha value is -1.55. The van der Waals surface area contributed by atoms with E-state index in [0.29, 0.717) is 13.0 Å². The van der Waals surface area contributed by atoms with Crippen LogP contribution in [0.1, 0.15) is 33.6 Å². The Balaban J connectivity index is 2.54. The van der Waals surface area contributed by atoms with E-state index in [4.69, 9.17) is 9.47 Å². The van der Waals surface area contributed by atoms with E-state index >= 15 is 0 Å². The zero-order valence-electron chi connectivity index (χ0n) is 15.5. The van der Waals surface area contributed by atoms with Gasteiger partial charge in [0.15, 0.2) is 0 Å². The van der Waals surface area contributed by atoms with Gasteiger partial charge < -0.3 is 19.1 Å². The molecule has 10 heteroatoms. The van der Waals surface area contributed by atoms with Crippen molar-refractivity contribution < 1.29 is 37.0 Å². The number of carbonyl (C=O) groups excluding carboxylic acids is 2. The van der Waals surface area contributed by atoms with Crippen LogP contribution in [0.4, 0.5) is 18.0 Å². The lowest BCUT2D eigenvalue weighted by Crippen LogP contribution is -2.48. The van der Waals surface area contributed by atoms with Crippen LogP contribution in [-0.2, 0) is 19.0 Å². The number of rotatable bonds is 8. The lowest BCUT2D eigenvalue weighted by Gasteiger charge is -2.29. The van der Waals surface area contributed by atoms with Gasteiger partial charge in [0.2, 0.25) is 6.30 Å². The molecule has 1 aliphatic rings. The van der Waals surface area contributed by atoms with Gasteiger partial charge in [-0.25, -0.2) is 18.0 Å². The maximum absolute atomic E-state index is 13.1. The third-order valence-corrected chi connectivity index (χ3v) is 3.67. The van der Waals surface area contributed by atoms with E-state index in [0.717, 1.165) is 13.5 Å².